The number of fused-ring (bicyclic) bond motifs is 4. The van der Waals surface area contributed by atoms with Crippen molar-refractivity contribution in [1.29, 1.82) is 0 Å². The zero-order valence-electron chi connectivity index (χ0n) is 11.7. The van der Waals surface area contributed by atoms with E-state index in [0.717, 1.165) is 37.8 Å². The van der Waals surface area contributed by atoms with Crippen LogP contribution in [0.25, 0.3) is 0 Å². The maximum atomic E-state index is 13.3. The highest BCUT2D eigenvalue weighted by Crippen LogP contribution is 2.42. The molecule has 0 spiro atoms. The van der Waals surface area contributed by atoms with Gasteiger partial charge in [0, 0.05) is 12.1 Å². The minimum absolute atomic E-state index is 0.110. The molecule has 1 aromatic rings. The van der Waals surface area contributed by atoms with Crippen molar-refractivity contribution < 1.29 is 22.9 Å². The van der Waals surface area contributed by atoms with E-state index >= 15 is 0 Å². The molecule has 2 heterocycles. The van der Waals surface area contributed by atoms with Gasteiger partial charge >= 0.3 is 6.18 Å². The second-order valence-corrected chi connectivity index (χ2v) is 5.75. The van der Waals surface area contributed by atoms with E-state index in [1.807, 2.05) is 0 Å². The van der Waals surface area contributed by atoms with Crippen LogP contribution in [-0.2, 0) is 11.0 Å². The van der Waals surface area contributed by atoms with Crippen molar-refractivity contribution in [2.75, 3.05) is 11.7 Å². The van der Waals surface area contributed by atoms with Crippen LogP contribution in [0, 0.1) is 16.0 Å². The maximum absolute atomic E-state index is 13.3. The number of halogens is 3. The van der Waals surface area contributed by atoms with Gasteiger partial charge in [-0.2, -0.15) is 13.2 Å². The quantitative estimate of drug-likeness (QED) is 0.613. The maximum Gasteiger partial charge on any atom is 0.418 e. The Morgan fingerprint density at radius 1 is 1.23 bits per heavy atom. The molecular weight excluding hydrogens is 301 g/mol. The smallest absolute Gasteiger partial charge is 0.273 e. The number of hydrogen-bond donors (Lipinski definition) is 0. The molecular formula is C14H15F3N2O3. The first-order chi connectivity index (χ1) is 10.4. The van der Waals surface area contributed by atoms with E-state index in [4.69, 9.17) is 4.84 Å². The molecule has 0 aromatic heterocycles. The van der Waals surface area contributed by atoms with Gasteiger partial charge in [-0.25, -0.2) is 0 Å². The van der Waals surface area contributed by atoms with Gasteiger partial charge in [-0.05, 0) is 37.7 Å². The Balaban J connectivity index is 2.03. The van der Waals surface area contributed by atoms with Crippen LogP contribution in [0.4, 0.5) is 24.5 Å². The molecule has 1 aliphatic carbocycles. The molecule has 0 unspecified atom stereocenters. The monoisotopic (exact) mass is 316 g/mol. The van der Waals surface area contributed by atoms with E-state index in [0.29, 0.717) is 18.6 Å². The lowest BCUT2D eigenvalue weighted by Crippen LogP contribution is -2.35. The molecule has 0 amide bonds. The van der Waals surface area contributed by atoms with Crippen LogP contribution in [0.1, 0.15) is 31.2 Å². The molecule has 0 atom stereocenters. The highest BCUT2D eigenvalue weighted by molar-refractivity contribution is 5.58. The second-order valence-electron chi connectivity index (χ2n) is 5.75. The summed E-state index contributed by atoms with van der Waals surface area (Å²) in [6, 6.07) is 2.70. The number of benzene rings is 1. The predicted octanol–water partition coefficient (Wildman–Crippen LogP) is 3.92. The summed E-state index contributed by atoms with van der Waals surface area (Å²) in [4.78, 5) is 15.5. The molecule has 3 aliphatic rings. The number of anilines is 1. The summed E-state index contributed by atoms with van der Waals surface area (Å²) >= 11 is 0. The number of non-ortho nitro benzene ring substituents is 1. The van der Waals surface area contributed by atoms with Crippen molar-refractivity contribution >= 4 is 11.4 Å². The zero-order valence-corrected chi connectivity index (χ0v) is 11.7. The topological polar surface area (TPSA) is 55.6 Å². The van der Waals surface area contributed by atoms with Gasteiger partial charge < -0.3 is 0 Å². The van der Waals surface area contributed by atoms with Crippen molar-refractivity contribution in [2.24, 2.45) is 5.92 Å². The minimum Gasteiger partial charge on any atom is -0.273 e. The van der Waals surface area contributed by atoms with Crippen LogP contribution in [-0.4, -0.2) is 17.6 Å². The molecule has 5 nitrogen and oxygen atoms in total. The molecule has 8 heteroatoms. The van der Waals surface area contributed by atoms with Crippen molar-refractivity contribution in [1.82, 2.24) is 0 Å². The first kappa shape index (κ1) is 15.1. The van der Waals surface area contributed by atoms with E-state index in [9.17, 15) is 23.3 Å². The molecule has 0 N–H and O–H groups in total. The number of hydroxylamine groups is 1. The van der Waals surface area contributed by atoms with E-state index in [1.54, 1.807) is 0 Å². The highest BCUT2D eigenvalue weighted by atomic mass is 19.4. The first-order valence-electron chi connectivity index (χ1n) is 7.14. The van der Waals surface area contributed by atoms with Gasteiger partial charge in [0.2, 0.25) is 0 Å². The standard InChI is InChI=1S/C14H15F3N2O3/c15-14(16,17)12-7-11(19(20)21)5-6-13(12)18-10-3-1-9(2-4-10)8-22-18/h5-7,9-10H,1-4,8H2. The third kappa shape index (κ3) is 2.75. The summed E-state index contributed by atoms with van der Waals surface area (Å²) in [6.07, 6.45) is -1.24. The lowest BCUT2D eigenvalue weighted by molar-refractivity contribution is -0.385. The Bertz CT molecular complexity index is 583. The summed E-state index contributed by atoms with van der Waals surface area (Å²) < 4.78 is 39.9. The lowest BCUT2D eigenvalue weighted by atomic mass is 9.87. The fourth-order valence-corrected chi connectivity index (χ4v) is 3.16. The average molecular weight is 316 g/mol. The Labute approximate surface area is 124 Å². The number of alkyl halides is 3. The van der Waals surface area contributed by atoms with Crippen LogP contribution in [0.3, 0.4) is 0 Å². The molecule has 120 valence electrons. The lowest BCUT2D eigenvalue weighted by Gasteiger charge is -2.32. The van der Waals surface area contributed by atoms with Crippen LogP contribution in [0.5, 0.6) is 0 Å². The zero-order chi connectivity index (χ0) is 15.9. The van der Waals surface area contributed by atoms with Gasteiger partial charge in [-0.1, -0.05) is 0 Å². The third-order valence-electron chi connectivity index (χ3n) is 4.33. The summed E-state index contributed by atoms with van der Waals surface area (Å²) in [7, 11) is 0. The van der Waals surface area contributed by atoms with Crippen molar-refractivity contribution in [3.8, 4) is 0 Å². The Morgan fingerprint density at radius 2 is 1.91 bits per heavy atom. The number of nitro benzene ring substituents is 1. The van der Waals surface area contributed by atoms with Gasteiger partial charge in [0.1, 0.15) is 0 Å². The third-order valence-corrected chi connectivity index (χ3v) is 4.33. The number of rotatable bonds is 2. The average Bonchev–Trinajstić information content (AvgIpc) is 2.79. The molecule has 4 rings (SSSR count). The number of nitro groups is 1. The Hall–Kier alpha value is -1.83. The fraction of sp³-hybridized carbons (Fsp3) is 0.571. The van der Waals surface area contributed by atoms with E-state index in [1.165, 1.54) is 5.06 Å². The van der Waals surface area contributed by atoms with Crippen LogP contribution < -0.4 is 5.06 Å². The van der Waals surface area contributed by atoms with Gasteiger partial charge in [0.25, 0.3) is 5.69 Å². The molecule has 3 fully saturated rings. The molecule has 2 aliphatic heterocycles. The number of hydrogen-bond acceptors (Lipinski definition) is 4. The van der Waals surface area contributed by atoms with Crippen LogP contribution >= 0.6 is 0 Å². The predicted molar refractivity (Wildman–Crippen MR) is 72.3 cm³/mol. The van der Waals surface area contributed by atoms with E-state index in [-0.39, 0.29) is 11.7 Å². The molecule has 1 aromatic carbocycles. The largest absolute Gasteiger partial charge is 0.418 e. The fourth-order valence-electron chi connectivity index (χ4n) is 3.16. The van der Waals surface area contributed by atoms with Gasteiger partial charge in [-0.15, -0.1) is 0 Å². The molecule has 0 radical (unpaired) electrons. The van der Waals surface area contributed by atoms with Crippen molar-refractivity contribution in [3.63, 3.8) is 0 Å². The Kier molecular flexibility index (Phi) is 3.72. The second kappa shape index (κ2) is 5.42. The molecule has 1 saturated carbocycles. The molecule has 22 heavy (non-hydrogen) atoms. The normalized spacial score (nSPS) is 25.1. The molecule has 2 saturated heterocycles. The van der Waals surface area contributed by atoms with E-state index in [2.05, 4.69) is 0 Å². The van der Waals surface area contributed by atoms with Crippen molar-refractivity contribution in [3.05, 3.63) is 33.9 Å². The first-order valence-corrected chi connectivity index (χ1v) is 7.14. The number of nitrogens with zero attached hydrogens (tertiary/aromatic N) is 2. The van der Waals surface area contributed by atoms with Gasteiger partial charge in [0.05, 0.1) is 28.8 Å². The summed E-state index contributed by atoms with van der Waals surface area (Å²) in [5.41, 5.74) is -1.73. The van der Waals surface area contributed by atoms with E-state index < -0.39 is 22.4 Å². The van der Waals surface area contributed by atoms with Gasteiger partial charge in [0.15, 0.2) is 0 Å². The van der Waals surface area contributed by atoms with Crippen LogP contribution in [0.2, 0.25) is 0 Å². The van der Waals surface area contributed by atoms with Crippen molar-refractivity contribution in [2.45, 2.75) is 37.9 Å². The molecule has 2 bridgehead atoms. The highest BCUT2D eigenvalue weighted by Gasteiger charge is 2.40. The summed E-state index contributed by atoms with van der Waals surface area (Å²) in [5, 5.41) is 12.1. The summed E-state index contributed by atoms with van der Waals surface area (Å²) in [6.45, 7) is 0.394. The summed E-state index contributed by atoms with van der Waals surface area (Å²) in [5.74, 6) is 0.383. The SMILES string of the molecule is O=[N+]([O-])c1ccc(N2OCC3CCC2CC3)c(C(F)(F)F)c1. The van der Waals surface area contributed by atoms with Gasteiger partial charge in [-0.3, -0.25) is 20.0 Å². The Morgan fingerprint density at radius 3 is 2.50 bits per heavy atom. The van der Waals surface area contributed by atoms with Crippen LogP contribution in [0.15, 0.2) is 18.2 Å². The minimum atomic E-state index is -4.67.